The minimum absolute atomic E-state index is 0.169. The smallest absolute Gasteiger partial charge is 0.145 e. The summed E-state index contributed by atoms with van der Waals surface area (Å²) >= 11 is 0. The highest BCUT2D eigenvalue weighted by Gasteiger charge is 2.14. The standard InChI is InChI=1S/C14H17FN4/c15-12-7-10(13-8-14(16)18-17-13)3-4-11(12)9-19-5-1-2-6-19/h3-4,7-8H,1-2,5-6,9H2,(H3,16,17,18). The van der Waals surface area contributed by atoms with Gasteiger partial charge in [-0.1, -0.05) is 12.1 Å². The Morgan fingerprint density at radius 3 is 2.68 bits per heavy atom. The van der Waals surface area contributed by atoms with Gasteiger partial charge in [0.2, 0.25) is 0 Å². The Kier molecular flexibility index (Phi) is 3.21. The van der Waals surface area contributed by atoms with Gasteiger partial charge in [-0.15, -0.1) is 0 Å². The third-order valence-electron chi connectivity index (χ3n) is 3.55. The van der Waals surface area contributed by atoms with Crippen LogP contribution in [0.5, 0.6) is 0 Å². The largest absolute Gasteiger partial charge is 0.382 e. The van der Waals surface area contributed by atoms with E-state index in [-0.39, 0.29) is 5.82 Å². The van der Waals surface area contributed by atoms with Crippen LogP contribution in [0.2, 0.25) is 0 Å². The van der Waals surface area contributed by atoms with Gasteiger partial charge in [-0.2, -0.15) is 5.10 Å². The van der Waals surface area contributed by atoms with Gasteiger partial charge >= 0.3 is 0 Å². The Hall–Kier alpha value is -1.88. The van der Waals surface area contributed by atoms with E-state index in [2.05, 4.69) is 15.1 Å². The maximum atomic E-state index is 14.1. The molecule has 1 aromatic carbocycles. The number of aromatic nitrogens is 2. The van der Waals surface area contributed by atoms with E-state index in [1.807, 2.05) is 12.1 Å². The summed E-state index contributed by atoms with van der Waals surface area (Å²) in [6, 6.07) is 6.99. The molecule has 100 valence electrons. The van der Waals surface area contributed by atoms with Crippen molar-refractivity contribution in [1.82, 2.24) is 15.1 Å². The topological polar surface area (TPSA) is 57.9 Å². The van der Waals surface area contributed by atoms with Crippen LogP contribution < -0.4 is 5.73 Å². The lowest BCUT2D eigenvalue weighted by atomic mass is 10.1. The van der Waals surface area contributed by atoms with E-state index in [0.29, 0.717) is 12.4 Å². The van der Waals surface area contributed by atoms with Crippen molar-refractivity contribution in [2.75, 3.05) is 18.8 Å². The second kappa shape index (κ2) is 5.01. The molecule has 5 heteroatoms. The van der Waals surface area contributed by atoms with Crippen LogP contribution >= 0.6 is 0 Å². The number of nitrogens with two attached hydrogens (primary N) is 1. The summed E-state index contributed by atoms with van der Waals surface area (Å²) in [5.41, 5.74) is 7.81. The summed E-state index contributed by atoms with van der Waals surface area (Å²) in [5.74, 6) is 0.245. The third-order valence-corrected chi connectivity index (χ3v) is 3.55. The Morgan fingerprint density at radius 1 is 1.26 bits per heavy atom. The fraction of sp³-hybridized carbons (Fsp3) is 0.357. The Bertz CT molecular complexity index is 573. The molecule has 1 aliphatic heterocycles. The van der Waals surface area contributed by atoms with E-state index in [1.54, 1.807) is 12.1 Å². The van der Waals surface area contributed by atoms with Crippen molar-refractivity contribution < 1.29 is 4.39 Å². The molecule has 2 heterocycles. The number of aromatic amines is 1. The molecule has 0 unspecified atom stereocenters. The second-order valence-electron chi connectivity index (χ2n) is 5.00. The number of anilines is 1. The molecule has 0 bridgehead atoms. The Labute approximate surface area is 111 Å². The minimum Gasteiger partial charge on any atom is -0.382 e. The molecule has 0 radical (unpaired) electrons. The monoisotopic (exact) mass is 260 g/mol. The van der Waals surface area contributed by atoms with Gasteiger partial charge in [-0.3, -0.25) is 10.00 Å². The van der Waals surface area contributed by atoms with Gasteiger partial charge in [-0.05, 0) is 32.0 Å². The highest BCUT2D eigenvalue weighted by molar-refractivity contribution is 5.62. The first kappa shape index (κ1) is 12.2. The number of hydrogen-bond donors (Lipinski definition) is 2. The van der Waals surface area contributed by atoms with E-state index in [1.165, 1.54) is 12.8 Å². The zero-order valence-electron chi connectivity index (χ0n) is 10.7. The molecule has 1 aromatic heterocycles. The first-order valence-electron chi connectivity index (χ1n) is 6.54. The zero-order chi connectivity index (χ0) is 13.2. The maximum Gasteiger partial charge on any atom is 0.145 e. The van der Waals surface area contributed by atoms with Gasteiger partial charge in [0.15, 0.2) is 0 Å². The average Bonchev–Trinajstić information content (AvgIpc) is 3.03. The molecule has 4 nitrogen and oxygen atoms in total. The lowest BCUT2D eigenvalue weighted by Gasteiger charge is -2.15. The lowest BCUT2D eigenvalue weighted by molar-refractivity contribution is 0.325. The minimum atomic E-state index is -0.169. The number of likely N-dealkylation sites (tertiary alicyclic amines) is 1. The van der Waals surface area contributed by atoms with Gasteiger partial charge in [0.1, 0.15) is 11.6 Å². The average molecular weight is 260 g/mol. The Balaban J connectivity index is 1.81. The van der Waals surface area contributed by atoms with Gasteiger partial charge in [0.25, 0.3) is 0 Å². The second-order valence-corrected chi connectivity index (χ2v) is 5.00. The van der Waals surface area contributed by atoms with Crippen molar-refractivity contribution in [1.29, 1.82) is 0 Å². The number of halogens is 1. The summed E-state index contributed by atoms with van der Waals surface area (Å²) in [7, 11) is 0. The van der Waals surface area contributed by atoms with E-state index in [9.17, 15) is 4.39 Å². The number of H-pyrrole nitrogens is 1. The van der Waals surface area contributed by atoms with Crippen LogP contribution in [0.25, 0.3) is 11.3 Å². The van der Waals surface area contributed by atoms with Crippen LogP contribution in [0.1, 0.15) is 18.4 Å². The molecular weight excluding hydrogens is 243 g/mol. The normalized spacial score (nSPS) is 16.1. The van der Waals surface area contributed by atoms with Crippen LogP contribution in [0.4, 0.5) is 10.2 Å². The zero-order valence-corrected chi connectivity index (χ0v) is 10.7. The molecule has 0 aliphatic carbocycles. The predicted octanol–water partition coefficient (Wildman–Crippen LogP) is 2.39. The van der Waals surface area contributed by atoms with Crippen LogP contribution in [-0.4, -0.2) is 28.2 Å². The van der Waals surface area contributed by atoms with Crippen LogP contribution in [-0.2, 0) is 6.54 Å². The van der Waals surface area contributed by atoms with Gasteiger partial charge in [0.05, 0.1) is 5.69 Å². The van der Waals surface area contributed by atoms with E-state index >= 15 is 0 Å². The van der Waals surface area contributed by atoms with Gasteiger partial charge < -0.3 is 5.73 Å². The molecule has 1 aliphatic rings. The molecule has 1 fully saturated rings. The van der Waals surface area contributed by atoms with Crippen molar-refractivity contribution in [2.24, 2.45) is 0 Å². The first-order valence-corrected chi connectivity index (χ1v) is 6.54. The number of hydrogen-bond acceptors (Lipinski definition) is 3. The van der Waals surface area contributed by atoms with E-state index in [0.717, 1.165) is 29.9 Å². The summed E-state index contributed by atoms with van der Waals surface area (Å²) in [6.07, 6.45) is 2.43. The van der Waals surface area contributed by atoms with Crippen molar-refractivity contribution in [3.05, 3.63) is 35.6 Å². The molecule has 19 heavy (non-hydrogen) atoms. The summed E-state index contributed by atoms with van der Waals surface area (Å²) < 4.78 is 14.1. The van der Waals surface area contributed by atoms with Crippen LogP contribution in [0.15, 0.2) is 24.3 Å². The third kappa shape index (κ3) is 2.61. The molecule has 0 amide bonds. The highest BCUT2D eigenvalue weighted by atomic mass is 19.1. The fourth-order valence-corrected chi connectivity index (χ4v) is 2.51. The maximum absolute atomic E-state index is 14.1. The number of nitrogen functional groups attached to an aromatic ring is 1. The quantitative estimate of drug-likeness (QED) is 0.891. The van der Waals surface area contributed by atoms with Crippen molar-refractivity contribution >= 4 is 5.82 Å². The highest BCUT2D eigenvalue weighted by Crippen LogP contribution is 2.23. The number of nitrogens with one attached hydrogen (secondary N) is 1. The van der Waals surface area contributed by atoms with Crippen LogP contribution in [0, 0.1) is 5.82 Å². The molecule has 1 saturated heterocycles. The molecule has 0 saturated carbocycles. The molecule has 3 rings (SSSR count). The van der Waals surface area contributed by atoms with Crippen molar-refractivity contribution in [2.45, 2.75) is 19.4 Å². The molecular formula is C14H17FN4. The van der Waals surface area contributed by atoms with Gasteiger partial charge in [-0.25, -0.2) is 4.39 Å². The molecule has 0 spiro atoms. The molecule has 2 aromatic rings. The van der Waals surface area contributed by atoms with E-state index < -0.39 is 0 Å². The summed E-state index contributed by atoms with van der Waals surface area (Å²) in [6.45, 7) is 2.83. The molecule has 3 N–H and O–H groups in total. The number of benzene rings is 1. The number of rotatable bonds is 3. The fourth-order valence-electron chi connectivity index (χ4n) is 2.51. The van der Waals surface area contributed by atoms with Crippen molar-refractivity contribution in [3.8, 4) is 11.3 Å². The first-order chi connectivity index (χ1) is 9.22. The SMILES string of the molecule is Nc1cc(-c2ccc(CN3CCCC3)c(F)c2)[nH]n1. The van der Waals surface area contributed by atoms with E-state index in [4.69, 9.17) is 5.73 Å². The molecule has 0 atom stereocenters. The van der Waals surface area contributed by atoms with Gasteiger partial charge in [0, 0.05) is 23.7 Å². The van der Waals surface area contributed by atoms with Crippen molar-refractivity contribution in [3.63, 3.8) is 0 Å². The van der Waals surface area contributed by atoms with Crippen LogP contribution in [0.3, 0.4) is 0 Å². The lowest BCUT2D eigenvalue weighted by Crippen LogP contribution is -2.19. The predicted molar refractivity (Wildman–Crippen MR) is 72.9 cm³/mol. The summed E-state index contributed by atoms with van der Waals surface area (Å²) in [4.78, 5) is 2.28. The summed E-state index contributed by atoms with van der Waals surface area (Å²) in [5, 5.41) is 6.64. The number of nitrogens with zero attached hydrogens (tertiary/aromatic N) is 2. The Morgan fingerprint density at radius 2 is 2.05 bits per heavy atom.